The summed E-state index contributed by atoms with van der Waals surface area (Å²) in [5, 5.41) is 3.10. The molecule has 0 radical (unpaired) electrons. The van der Waals surface area contributed by atoms with Crippen LogP contribution in [0.1, 0.15) is 60.4 Å². The number of hydrogen-bond acceptors (Lipinski definition) is 3. The molecule has 1 amide bonds. The molecule has 0 unspecified atom stereocenters. The van der Waals surface area contributed by atoms with E-state index in [4.69, 9.17) is 9.15 Å². The predicted molar refractivity (Wildman–Crippen MR) is 93.2 cm³/mol. The number of benzene rings is 1. The summed E-state index contributed by atoms with van der Waals surface area (Å²) in [6.45, 7) is 2.32. The van der Waals surface area contributed by atoms with Gasteiger partial charge in [-0.3, -0.25) is 4.79 Å². The summed E-state index contributed by atoms with van der Waals surface area (Å²) >= 11 is 0. The molecule has 1 heterocycles. The summed E-state index contributed by atoms with van der Waals surface area (Å²) in [5.41, 5.74) is 1.08. The summed E-state index contributed by atoms with van der Waals surface area (Å²) in [5.74, 6) is 1.73. The Bertz CT molecular complexity index is 669. The van der Waals surface area contributed by atoms with E-state index in [1.165, 1.54) is 25.7 Å². The molecular formula is C20H25NO3. The number of carbonyl (C=O) groups is 1. The van der Waals surface area contributed by atoms with Crippen molar-refractivity contribution in [3.8, 4) is 5.75 Å². The second-order valence-electron chi connectivity index (χ2n) is 6.48. The minimum absolute atomic E-state index is 0.121. The van der Waals surface area contributed by atoms with E-state index in [1.54, 1.807) is 12.1 Å². The Morgan fingerprint density at radius 1 is 1.12 bits per heavy atom. The summed E-state index contributed by atoms with van der Waals surface area (Å²) < 4.78 is 11.4. The zero-order chi connectivity index (χ0) is 16.8. The maximum atomic E-state index is 12.3. The van der Waals surface area contributed by atoms with Gasteiger partial charge in [-0.1, -0.05) is 43.9 Å². The summed E-state index contributed by atoms with van der Waals surface area (Å²) in [6, 6.07) is 11.7. The van der Waals surface area contributed by atoms with Crippen molar-refractivity contribution in [2.24, 2.45) is 0 Å². The summed E-state index contributed by atoms with van der Waals surface area (Å²) in [7, 11) is 0. The average Bonchev–Trinajstić information content (AvgIpc) is 2.92. The normalized spacial score (nSPS) is 15.7. The standard InChI is InChI=1S/C20H25NO3/c1-15-8-6-7-11-18(15)23-14-17-12-13-19(24-17)20(22)21-16-9-4-2-3-5-10-16/h6-8,11-13,16H,2-5,9-10,14H2,1H3,(H,21,22). The number of furan rings is 1. The SMILES string of the molecule is Cc1ccccc1OCc1ccc(C(=O)NC2CCCCCC2)o1. The third-order valence-electron chi connectivity index (χ3n) is 4.54. The smallest absolute Gasteiger partial charge is 0.287 e. The first-order chi connectivity index (χ1) is 11.7. The number of ether oxygens (including phenoxy) is 1. The minimum Gasteiger partial charge on any atom is -0.485 e. The molecule has 0 atom stereocenters. The number of nitrogens with one attached hydrogen (secondary N) is 1. The molecular weight excluding hydrogens is 302 g/mol. The van der Waals surface area contributed by atoms with Gasteiger partial charge in [-0.25, -0.2) is 0 Å². The molecule has 0 bridgehead atoms. The fraction of sp³-hybridized carbons (Fsp3) is 0.450. The molecule has 1 saturated carbocycles. The third-order valence-corrected chi connectivity index (χ3v) is 4.54. The molecule has 0 aliphatic heterocycles. The van der Waals surface area contributed by atoms with Gasteiger partial charge in [0.2, 0.25) is 0 Å². The van der Waals surface area contributed by atoms with Gasteiger partial charge in [0.05, 0.1) is 0 Å². The van der Waals surface area contributed by atoms with E-state index in [-0.39, 0.29) is 11.9 Å². The molecule has 2 aromatic rings. The molecule has 4 heteroatoms. The highest BCUT2D eigenvalue weighted by atomic mass is 16.5. The summed E-state index contributed by atoms with van der Waals surface area (Å²) in [6.07, 6.45) is 7.06. The van der Waals surface area contributed by atoms with Crippen LogP contribution in [-0.2, 0) is 6.61 Å². The maximum absolute atomic E-state index is 12.3. The lowest BCUT2D eigenvalue weighted by Crippen LogP contribution is -2.34. The molecule has 1 aromatic carbocycles. The van der Waals surface area contributed by atoms with Gasteiger partial charge in [-0.2, -0.15) is 0 Å². The molecule has 128 valence electrons. The lowest BCUT2D eigenvalue weighted by molar-refractivity contribution is 0.0901. The predicted octanol–water partition coefficient (Wildman–Crippen LogP) is 4.62. The van der Waals surface area contributed by atoms with Crippen molar-refractivity contribution >= 4 is 5.91 Å². The van der Waals surface area contributed by atoms with Gasteiger partial charge in [0.25, 0.3) is 5.91 Å². The number of carbonyl (C=O) groups excluding carboxylic acids is 1. The second-order valence-corrected chi connectivity index (χ2v) is 6.48. The van der Waals surface area contributed by atoms with Crippen LogP contribution < -0.4 is 10.1 Å². The van der Waals surface area contributed by atoms with Crippen LogP contribution in [0.4, 0.5) is 0 Å². The van der Waals surface area contributed by atoms with Crippen LogP contribution in [0.15, 0.2) is 40.8 Å². The van der Waals surface area contributed by atoms with E-state index in [9.17, 15) is 4.79 Å². The highest BCUT2D eigenvalue weighted by Crippen LogP contribution is 2.20. The van der Waals surface area contributed by atoms with Crippen LogP contribution in [0, 0.1) is 6.92 Å². The lowest BCUT2D eigenvalue weighted by atomic mass is 10.1. The molecule has 1 N–H and O–H groups in total. The number of aryl methyl sites for hydroxylation is 1. The first-order valence-electron chi connectivity index (χ1n) is 8.80. The van der Waals surface area contributed by atoms with Gasteiger partial charge in [-0.15, -0.1) is 0 Å². The van der Waals surface area contributed by atoms with Crippen LogP contribution in [0.2, 0.25) is 0 Å². The minimum atomic E-state index is -0.121. The molecule has 1 aromatic heterocycles. The Balaban J connectivity index is 1.54. The van der Waals surface area contributed by atoms with Gasteiger partial charge in [-0.05, 0) is 43.5 Å². The van der Waals surface area contributed by atoms with E-state index in [2.05, 4.69) is 5.32 Å². The van der Waals surface area contributed by atoms with Crippen molar-refractivity contribution in [2.45, 2.75) is 58.1 Å². The Morgan fingerprint density at radius 2 is 1.88 bits per heavy atom. The van der Waals surface area contributed by atoms with Gasteiger partial charge < -0.3 is 14.5 Å². The van der Waals surface area contributed by atoms with E-state index >= 15 is 0 Å². The molecule has 1 fully saturated rings. The van der Waals surface area contributed by atoms with Crippen LogP contribution in [0.25, 0.3) is 0 Å². The molecule has 1 aliphatic carbocycles. The van der Waals surface area contributed by atoms with E-state index in [0.717, 1.165) is 24.2 Å². The highest BCUT2D eigenvalue weighted by Gasteiger charge is 2.18. The zero-order valence-corrected chi connectivity index (χ0v) is 14.2. The first kappa shape index (κ1) is 16.6. The average molecular weight is 327 g/mol. The Morgan fingerprint density at radius 3 is 2.62 bits per heavy atom. The zero-order valence-electron chi connectivity index (χ0n) is 14.2. The second kappa shape index (κ2) is 8.04. The van der Waals surface area contributed by atoms with Crippen molar-refractivity contribution in [1.29, 1.82) is 0 Å². The Hall–Kier alpha value is -2.23. The van der Waals surface area contributed by atoms with Gasteiger partial charge in [0.1, 0.15) is 18.1 Å². The Labute approximate surface area is 143 Å². The molecule has 3 rings (SSSR count). The molecule has 4 nitrogen and oxygen atoms in total. The first-order valence-corrected chi connectivity index (χ1v) is 8.80. The number of rotatable bonds is 5. The van der Waals surface area contributed by atoms with Crippen molar-refractivity contribution in [3.63, 3.8) is 0 Å². The number of amides is 1. The number of hydrogen-bond donors (Lipinski definition) is 1. The molecule has 0 spiro atoms. The topological polar surface area (TPSA) is 51.5 Å². The molecule has 0 saturated heterocycles. The third kappa shape index (κ3) is 4.40. The van der Waals surface area contributed by atoms with Crippen LogP contribution in [0.3, 0.4) is 0 Å². The lowest BCUT2D eigenvalue weighted by Gasteiger charge is -2.15. The molecule has 1 aliphatic rings. The van der Waals surface area contributed by atoms with Crippen molar-refractivity contribution in [1.82, 2.24) is 5.32 Å². The molecule has 24 heavy (non-hydrogen) atoms. The van der Waals surface area contributed by atoms with Crippen molar-refractivity contribution in [3.05, 3.63) is 53.5 Å². The van der Waals surface area contributed by atoms with Crippen LogP contribution in [0.5, 0.6) is 5.75 Å². The summed E-state index contributed by atoms with van der Waals surface area (Å²) in [4.78, 5) is 12.3. The maximum Gasteiger partial charge on any atom is 0.287 e. The highest BCUT2D eigenvalue weighted by molar-refractivity contribution is 5.91. The monoisotopic (exact) mass is 327 g/mol. The fourth-order valence-electron chi connectivity index (χ4n) is 3.13. The van der Waals surface area contributed by atoms with Crippen molar-refractivity contribution in [2.75, 3.05) is 0 Å². The number of para-hydroxylation sites is 1. The van der Waals surface area contributed by atoms with Gasteiger partial charge >= 0.3 is 0 Å². The van der Waals surface area contributed by atoms with Gasteiger partial charge in [0, 0.05) is 6.04 Å². The van der Waals surface area contributed by atoms with E-state index in [1.807, 2.05) is 31.2 Å². The van der Waals surface area contributed by atoms with Crippen LogP contribution in [-0.4, -0.2) is 11.9 Å². The van der Waals surface area contributed by atoms with Crippen molar-refractivity contribution < 1.29 is 13.9 Å². The van der Waals surface area contributed by atoms with E-state index in [0.29, 0.717) is 18.1 Å². The Kier molecular flexibility index (Phi) is 5.57. The fourth-order valence-corrected chi connectivity index (χ4v) is 3.13. The quantitative estimate of drug-likeness (QED) is 0.815. The van der Waals surface area contributed by atoms with E-state index < -0.39 is 0 Å². The van der Waals surface area contributed by atoms with Gasteiger partial charge in [0.15, 0.2) is 5.76 Å². The van der Waals surface area contributed by atoms with Crippen LogP contribution >= 0.6 is 0 Å². The largest absolute Gasteiger partial charge is 0.485 e.